The third-order valence-corrected chi connectivity index (χ3v) is 2.97. The van der Waals surface area contributed by atoms with Crippen molar-refractivity contribution in [3.8, 4) is 0 Å². The third kappa shape index (κ3) is 4.80. The van der Waals surface area contributed by atoms with Crippen molar-refractivity contribution in [2.75, 3.05) is 20.2 Å². The number of ether oxygens (including phenoxy) is 1. The molecule has 1 rings (SSSR count). The highest BCUT2D eigenvalue weighted by Crippen LogP contribution is 2.20. The number of carbonyl (C=O) groups is 1. The summed E-state index contributed by atoms with van der Waals surface area (Å²) in [4.78, 5) is 17.2. The second-order valence-electron chi connectivity index (χ2n) is 3.89. The molecule has 100 valence electrons. The van der Waals surface area contributed by atoms with Gasteiger partial charge < -0.3 is 4.74 Å². The van der Waals surface area contributed by atoms with Gasteiger partial charge in [0.25, 0.3) is 0 Å². The molecule has 0 aliphatic heterocycles. The maximum Gasteiger partial charge on any atom is 0.319 e. The van der Waals surface area contributed by atoms with Crippen LogP contribution >= 0.6 is 23.2 Å². The number of aromatic nitrogens is 1. The van der Waals surface area contributed by atoms with Gasteiger partial charge >= 0.3 is 5.97 Å². The first-order valence-corrected chi connectivity index (χ1v) is 6.41. The zero-order valence-electron chi connectivity index (χ0n) is 10.4. The fourth-order valence-corrected chi connectivity index (χ4v) is 2.00. The lowest BCUT2D eigenvalue weighted by Crippen LogP contribution is -2.31. The Morgan fingerprint density at radius 3 is 2.78 bits per heavy atom. The van der Waals surface area contributed by atoms with Crippen LogP contribution in [0.5, 0.6) is 0 Å². The van der Waals surface area contributed by atoms with Crippen LogP contribution in [-0.2, 0) is 16.1 Å². The summed E-state index contributed by atoms with van der Waals surface area (Å²) >= 11 is 11.8. The molecule has 0 unspecified atom stereocenters. The van der Waals surface area contributed by atoms with Gasteiger partial charge in [0.2, 0.25) is 0 Å². The molecule has 0 saturated heterocycles. The van der Waals surface area contributed by atoms with E-state index < -0.39 is 0 Å². The van der Waals surface area contributed by atoms with Crippen LogP contribution in [0.1, 0.15) is 18.9 Å². The number of esters is 1. The molecule has 0 atom stereocenters. The van der Waals surface area contributed by atoms with Gasteiger partial charge in [-0.1, -0.05) is 30.1 Å². The topological polar surface area (TPSA) is 42.4 Å². The Morgan fingerprint density at radius 1 is 1.50 bits per heavy atom. The van der Waals surface area contributed by atoms with Gasteiger partial charge in [-0.15, -0.1) is 0 Å². The van der Waals surface area contributed by atoms with Crippen molar-refractivity contribution in [3.05, 3.63) is 28.0 Å². The van der Waals surface area contributed by atoms with E-state index in [0.29, 0.717) is 16.7 Å². The lowest BCUT2D eigenvalue weighted by atomic mass is 10.2. The number of methoxy groups -OCH3 is 1. The number of hydrogen-bond donors (Lipinski definition) is 0. The summed E-state index contributed by atoms with van der Waals surface area (Å²) in [6.45, 7) is 3.62. The molecule has 0 bridgehead atoms. The van der Waals surface area contributed by atoms with Crippen molar-refractivity contribution in [3.63, 3.8) is 0 Å². The van der Waals surface area contributed by atoms with Gasteiger partial charge in [-0.2, -0.15) is 0 Å². The standard InChI is InChI=1S/C12H16Cl2N2O2/c1-3-4-16(8-12(17)18-2)7-9-6-15-11(14)5-10(9)13/h5-6H,3-4,7-8H2,1-2H3. The predicted molar refractivity (Wildman–Crippen MR) is 71.8 cm³/mol. The summed E-state index contributed by atoms with van der Waals surface area (Å²) < 4.78 is 4.66. The molecular weight excluding hydrogens is 275 g/mol. The molecule has 4 nitrogen and oxygen atoms in total. The Bertz CT molecular complexity index is 413. The fourth-order valence-electron chi connectivity index (χ4n) is 1.57. The monoisotopic (exact) mass is 290 g/mol. The highest BCUT2D eigenvalue weighted by molar-refractivity contribution is 6.34. The van der Waals surface area contributed by atoms with E-state index in [2.05, 4.69) is 9.72 Å². The first-order valence-electron chi connectivity index (χ1n) is 5.66. The number of rotatable bonds is 6. The lowest BCUT2D eigenvalue weighted by Gasteiger charge is -2.20. The van der Waals surface area contributed by atoms with Gasteiger partial charge in [0.1, 0.15) is 5.15 Å². The minimum absolute atomic E-state index is 0.239. The zero-order valence-corrected chi connectivity index (χ0v) is 12.0. The van der Waals surface area contributed by atoms with Crippen LogP contribution in [0.4, 0.5) is 0 Å². The van der Waals surface area contributed by atoms with Gasteiger partial charge in [0.05, 0.1) is 13.7 Å². The molecule has 0 fully saturated rings. The summed E-state index contributed by atoms with van der Waals surface area (Å²) in [6, 6.07) is 1.60. The molecule has 0 radical (unpaired) electrons. The summed E-state index contributed by atoms with van der Waals surface area (Å²) in [5, 5.41) is 0.916. The zero-order chi connectivity index (χ0) is 13.5. The minimum atomic E-state index is -0.263. The number of carbonyl (C=O) groups excluding carboxylic acids is 1. The van der Waals surface area contributed by atoms with Crippen molar-refractivity contribution in [2.45, 2.75) is 19.9 Å². The minimum Gasteiger partial charge on any atom is -0.468 e. The van der Waals surface area contributed by atoms with Crippen LogP contribution in [0.25, 0.3) is 0 Å². The second kappa shape index (κ2) is 7.56. The second-order valence-corrected chi connectivity index (χ2v) is 4.68. The maximum atomic E-state index is 11.3. The Hall–Kier alpha value is -0.840. The summed E-state index contributed by atoms with van der Waals surface area (Å²) in [7, 11) is 1.38. The quantitative estimate of drug-likeness (QED) is 0.597. The van der Waals surface area contributed by atoms with E-state index in [1.165, 1.54) is 7.11 Å². The molecule has 1 aromatic heterocycles. The highest BCUT2D eigenvalue weighted by atomic mass is 35.5. The molecular formula is C12H16Cl2N2O2. The smallest absolute Gasteiger partial charge is 0.319 e. The number of nitrogens with zero attached hydrogens (tertiary/aromatic N) is 2. The van der Waals surface area contributed by atoms with Crippen LogP contribution in [0.2, 0.25) is 10.2 Å². The summed E-state index contributed by atoms with van der Waals surface area (Å²) in [6.07, 6.45) is 2.57. The SMILES string of the molecule is CCCN(CC(=O)OC)Cc1cnc(Cl)cc1Cl. The van der Waals surface area contributed by atoms with Crippen LogP contribution in [0, 0.1) is 0 Å². The first-order chi connectivity index (χ1) is 8.56. The predicted octanol–water partition coefficient (Wildman–Crippen LogP) is 2.77. The Balaban J connectivity index is 2.72. The molecule has 0 N–H and O–H groups in total. The van der Waals surface area contributed by atoms with Gasteiger partial charge in [-0.05, 0) is 19.0 Å². The van der Waals surface area contributed by atoms with Gasteiger partial charge in [0.15, 0.2) is 0 Å². The maximum absolute atomic E-state index is 11.3. The molecule has 0 aliphatic carbocycles. The van der Waals surface area contributed by atoms with Crippen LogP contribution in [-0.4, -0.2) is 36.1 Å². The fraction of sp³-hybridized carbons (Fsp3) is 0.500. The van der Waals surface area contributed by atoms with E-state index in [0.717, 1.165) is 18.5 Å². The number of halogens is 2. The van der Waals surface area contributed by atoms with E-state index in [-0.39, 0.29) is 12.5 Å². The Kier molecular flexibility index (Phi) is 6.39. The van der Waals surface area contributed by atoms with Gasteiger partial charge in [-0.3, -0.25) is 9.69 Å². The molecule has 0 saturated carbocycles. The number of pyridine rings is 1. The van der Waals surface area contributed by atoms with Crippen molar-refractivity contribution in [1.82, 2.24) is 9.88 Å². The molecule has 0 amide bonds. The van der Waals surface area contributed by atoms with Crippen molar-refractivity contribution >= 4 is 29.2 Å². The van der Waals surface area contributed by atoms with E-state index in [1.807, 2.05) is 11.8 Å². The van der Waals surface area contributed by atoms with Crippen molar-refractivity contribution in [2.24, 2.45) is 0 Å². The van der Waals surface area contributed by atoms with Gasteiger partial charge in [-0.25, -0.2) is 4.98 Å². The normalized spacial score (nSPS) is 10.7. The molecule has 0 aromatic carbocycles. The molecule has 0 aliphatic rings. The van der Waals surface area contributed by atoms with E-state index in [4.69, 9.17) is 23.2 Å². The van der Waals surface area contributed by atoms with Crippen molar-refractivity contribution < 1.29 is 9.53 Å². The molecule has 0 spiro atoms. The molecule has 1 heterocycles. The molecule has 6 heteroatoms. The largest absolute Gasteiger partial charge is 0.468 e. The third-order valence-electron chi connectivity index (χ3n) is 2.41. The number of hydrogen-bond acceptors (Lipinski definition) is 4. The van der Waals surface area contributed by atoms with Crippen molar-refractivity contribution in [1.29, 1.82) is 0 Å². The Labute approximate surface area is 117 Å². The first kappa shape index (κ1) is 15.2. The van der Waals surface area contributed by atoms with Gasteiger partial charge in [0, 0.05) is 23.3 Å². The highest BCUT2D eigenvalue weighted by Gasteiger charge is 2.13. The average Bonchev–Trinajstić information content (AvgIpc) is 2.32. The van der Waals surface area contributed by atoms with Crippen LogP contribution < -0.4 is 0 Å². The van der Waals surface area contributed by atoms with E-state index in [9.17, 15) is 4.79 Å². The summed E-state index contributed by atoms with van der Waals surface area (Å²) in [5.74, 6) is -0.263. The average molecular weight is 291 g/mol. The molecule has 1 aromatic rings. The van der Waals surface area contributed by atoms with Crippen LogP contribution in [0.15, 0.2) is 12.3 Å². The lowest BCUT2D eigenvalue weighted by molar-refractivity contribution is -0.142. The summed E-state index contributed by atoms with van der Waals surface area (Å²) in [5.41, 5.74) is 0.846. The Morgan fingerprint density at radius 2 is 2.22 bits per heavy atom. The van der Waals surface area contributed by atoms with E-state index in [1.54, 1.807) is 12.3 Å². The van der Waals surface area contributed by atoms with E-state index >= 15 is 0 Å². The molecule has 18 heavy (non-hydrogen) atoms. The van der Waals surface area contributed by atoms with Crippen LogP contribution in [0.3, 0.4) is 0 Å².